The number of allylic oxidation sites excluding steroid dienone is 1. The van der Waals surface area contributed by atoms with Crippen LogP contribution in [0.3, 0.4) is 0 Å². The zero-order chi connectivity index (χ0) is 14.6. The Morgan fingerprint density at radius 3 is 2.26 bits per heavy atom. The van der Waals surface area contributed by atoms with Gasteiger partial charge in [-0.3, -0.25) is 0 Å². The lowest BCUT2D eigenvalue weighted by Gasteiger charge is -2.39. The van der Waals surface area contributed by atoms with Crippen LogP contribution in [0.15, 0.2) is 12.2 Å². The van der Waals surface area contributed by atoms with E-state index in [2.05, 4.69) is 53.0 Å². The van der Waals surface area contributed by atoms with Crippen molar-refractivity contribution in [3.05, 3.63) is 12.2 Å². The number of nitrogens with zero attached hydrogens (tertiary/aromatic N) is 1. The van der Waals surface area contributed by atoms with Crippen LogP contribution in [-0.2, 0) is 0 Å². The third-order valence-electron chi connectivity index (χ3n) is 5.33. The second-order valence-corrected chi connectivity index (χ2v) is 7.34. The zero-order valence-corrected chi connectivity index (χ0v) is 14.1. The van der Waals surface area contributed by atoms with Crippen molar-refractivity contribution < 1.29 is 0 Å². The molecule has 1 heteroatoms. The Kier molecular flexibility index (Phi) is 6.59. The van der Waals surface area contributed by atoms with Gasteiger partial charge < -0.3 is 4.90 Å². The van der Waals surface area contributed by atoms with Crippen LogP contribution in [0.1, 0.15) is 60.8 Å². The molecule has 0 aromatic rings. The monoisotopic (exact) mass is 265 g/mol. The van der Waals surface area contributed by atoms with Crippen molar-refractivity contribution in [1.29, 1.82) is 0 Å². The van der Waals surface area contributed by atoms with Gasteiger partial charge in [-0.2, -0.15) is 0 Å². The fraction of sp³-hybridized carbons (Fsp3) is 0.889. The maximum atomic E-state index is 4.17. The smallest absolute Gasteiger partial charge is 0.00388 e. The Morgan fingerprint density at radius 2 is 1.74 bits per heavy atom. The van der Waals surface area contributed by atoms with Gasteiger partial charge in [0.25, 0.3) is 0 Å². The largest absolute Gasteiger partial charge is 0.300 e. The lowest BCUT2D eigenvalue weighted by atomic mass is 9.77. The minimum absolute atomic E-state index is 0.649. The van der Waals surface area contributed by atoms with E-state index < -0.39 is 0 Å². The summed E-state index contributed by atoms with van der Waals surface area (Å²) in [5.74, 6) is 3.10. The van der Waals surface area contributed by atoms with E-state index in [1.54, 1.807) is 0 Å². The van der Waals surface area contributed by atoms with Crippen molar-refractivity contribution >= 4 is 0 Å². The lowest BCUT2D eigenvalue weighted by Crippen LogP contribution is -2.42. The summed E-state index contributed by atoms with van der Waals surface area (Å²) in [5, 5.41) is 0. The maximum absolute atomic E-state index is 4.17. The highest BCUT2D eigenvalue weighted by atomic mass is 15.1. The van der Waals surface area contributed by atoms with Gasteiger partial charge >= 0.3 is 0 Å². The molecule has 112 valence electrons. The summed E-state index contributed by atoms with van der Waals surface area (Å²) in [6, 6.07) is 0.676. The van der Waals surface area contributed by atoms with Crippen molar-refractivity contribution in [2.75, 3.05) is 13.1 Å². The highest BCUT2D eigenvalue weighted by Crippen LogP contribution is 2.32. The molecule has 0 aromatic heterocycles. The molecule has 0 N–H and O–H groups in total. The van der Waals surface area contributed by atoms with Crippen LogP contribution < -0.4 is 0 Å². The first-order valence-corrected chi connectivity index (χ1v) is 8.22. The second kappa shape index (κ2) is 7.47. The number of hydrogen-bond acceptors (Lipinski definition) is 1. The predicted octanol–water partition coefficient (Wildman–Crippen LogP) is 4.98. The van der Waals surface area contributed by atoms with Crippen LogP contribution in [0.4, 0.5) is 0 Å². The van der Waals surface area contributed by atoms with Crippen molar-refractivity contribution in [1.82, 2.24) is 4.90 Å². The van der Waals surface area contributed by atoms with Crippen LogP contribution in [0, 0.1) is 23.7 Å². The van der Waals surface area contributed by atoms with E-state index in [0.717, 1.165) is 17.8 Å². The van der Waals surface area contributed by atoms with Crippen molar-refractivity contribution in [2.45, 2.75) is 66.8 Å². The molecule has 0 radical (unpaired) electrons. The molecule has 1 saturated heterocycles. The zero-order valence-electron chi connectivity index (χ0n) is 14.1. The molecule has 0 saturated carbocycles. The predicted molar refractivity (Wildman–Crippen MR) is 86.4 cm³/mol. The standard InChI is InChI=1S/C18H35N/c1-13(2)16(6)17(7)18-10-8-9-15(5)11-19(12-18)14(3)4/h14-18H,1,8-12H2,2-7H3/t15?,16?,17?,18-/m0/s1. The summed E-state index contributed by atoms with van der Waals surface area (Å²) >= 11 is 0. The SMILES string of the molecule is C=C(C)C(C)C(C)[C@H]1CCCC(C)CN(C(C)C)C1. The molecular weight excluding hydrogens is 230 g/mol. The average molecular weight is 265 g/mol. The molecule has 1 rings (SSSR count). The minimum Gasteiger partial charge on any atom is -0.300 e. The van der Waals surface area contributed by atoms with Gasteiger partial charge in [-0.1, -0.05) is 39.3 Å². The maximum Gasteiger partial charge on any atom is 0.00388 e. The van der Waals surface area contributed by atoms with Crippen molar-refractivity contribution in [3.63, 3.8) is 0 Å². The van der Waals surface area contributed by atoms with Gasteiger partial charge in [0.15, 0.2) is 0 Å². The molecule has 1 fully saturated rings. The highest BCUT2D eigenvalue weighted by Gasteiger charge is 2.28. The summed E-state index contributed by atoms with van der Waals surface area (Å²) in [6.45, 7) is 20.8. The molecule has 19 heavy (non-hydrogen) atoms. The third kappa shape index (κ3) is 4.95. The quantitative estimate of drug-likeness (QED) is 0.648. The van der Waals surface area contributed by atoms with Crippen LogP contribution in [0.25, 0.3) is 0 Å². The molecule has 0 aromatic carbocycles. The van der Waals surface area contributed by atoms with Gasteiger partial charge in [0.1, 0.15) is 0 Å². The second-order valence-electron chi connectivity index (χ2n) is 7.34. The minimum atomic E-state index is 0.649. The van der Waals surface area contributed by atoms with E-state index >= 15 is 0 Å². The number of hydrogen-bond donors (Lipinski definition) is 0. The van der Waals surface area contributed by atoms with Crippen molar-refractivity contribution in [3.8, 4) is 0 Å². The Labute approximate surface area is 121 Å². The fourth-order valence-corrected chi connectivity index (χ4v) is 3.39. The first-order chi connectivity index (χ1) is 8.82. The van der Waals surface area contributed by atoms with Gasteiger partial charge in [-0.05, 0) is 57.3 Å². The van der Waals surface area contributed by atoms with Gasteiger partial charge in [0.2, 0.25) is 0 Å². The van der Waals surface area contributed by atoms with Crippen LogP contribution in [0.5, 0.6) is 0 Å². The van der Waals surface area contributed by atoms with Crippen LogP contribution in [-0.4, -0.2) is 24.0 Å². The molecule has 1 aliphatic rings. The van der Waals surface area contributed by atoms with E-state index in [-0.39, 0.29) is 0 Å². The van der Waals surface area contributed by atoms with Crippen LogP contribution in [0.2, 0.25) is 0 Å². The topological polar surface area (TPSA) is 3.24 Å². The molecule has 0 aliphatic carbocycles. The fourth-order valence-electron chi connectivity index (χ4n) is 3.39. The molecule has 1 heterocycles. The normalized spacial score (nSPS) is 29.6. The highest BCUT2D eigenvalue weighted by molar-refractivity contribution is 4.97. The van der Waals surface area contributed by atoms with E-state index in [1.807, 2.05) is 0 Å². The molecule has 4 atom stereocenters. The Morgan fingerprint density at radius 1 is 1.11 bits per heavy atom. The molecule has 1 nitrogen and oxygen atoms in total. The van der Waals surface area contributed by atoms with E-state index in [4.69, 9.17) is 0 Å². The summed E-state index contributed by atoms with van der Waals surface area (Å²) < 4.78 is 0. The summed E-state index contributed by atoms with van der Waals surface area (Å²) in [7, 11) is 0. The molecule has 0 spiro atoms. The molecule has 0 amide bonds. The number of likely N-dealkylation sites (tertiary alicyclic amines) is 1. The Balaban J connectivity index is 2.73. The summed E-state index contributed by atoms with van der Waals surface area (Å²) in [4.78, 5) is 2.70. The Hall–Kier alpha value is -0.300. The van der Waals surface area contributed by atoms with Crippen molar-refractivity contribution in [2.24, 2.45) is 23.7 Å². The molecule has 1 aliphatic heterocycles. The molecule has 3 unspecified atom stereocenters. The van der Waals surface area contributed by atoms with E-state index in [9.17, 15) is 0 Å². The van der Waals surface area contributed by atoms with Gasteiger partial charge in [0, 0.05) is 19.1 Å². The van der Waals surface area contributed by atoms with E-state index in [0.29, 0.717) is 12.0 Å². The molecule has 0 bridgehead atoms. The third-order valence-corrected chi connectivity index (χ3v) is 5.33. The lowest BCUT2D eigenvalue weighted by molar-refractivity contribution is 0.105. The van der Waals surface area contributed by atoms with Gasteiger partial charge in [-0.15, -0.1) is 0 Å². The Bertz CT molecular complexity index is 281. The van der Waals surface area contributed by atoms with Gasteiger partial charge in [0.05, 0.1) is 0 Å². The van der Waals surface area contributed by atoms with Gasteiger partial charge in [-0.25, -0.2) is 0 Å². The van der Waals surface area contributed by atoms with E-state index in [1.165, 1.54) is 37.9 Å². The molecular formula is C18H35N. The first kappa shape index (κ1) is 16.8. The average Bonchev–Trinajstić information content (AvgIpc) is 2.30. The first-order valence-electron chi connectivity index (χ1n) is 8.22. The summed E-state index contributed by atoms with van der Waals surface area (Å²) in [6.07, 6.45) is 4.20. The van der Waals surface area contributed by atoms with Crippen LogP contribution >= 0.6 is 0 Å². The summed E-state index contributed by atoms with van der Waals surface area (Å²) in [5.41, 5.74) is 1.35. The number of rotatable bonds is 4.